The van der Waals surface area contributed by atoms with Gasteiger partial charge in [0.1, 0.15) is 11.5 Å². The average molecular weight is 436 g/mol. The highest BCUT2D eigenvalue weighted by molar-refractivity contribution is 5.83. The quantitative estimate of drug-likeness (QED) is 0.310. The number of aromatic nitrogens is 2. The third-order valence-corrected chi connectivity index (χ3v) is 5.68. The van der Waals surface area contributed by atoms with Gasteiger partial charge in [0.15, 0.2) is 0 Å². The standard InChI is InChI=1S/C25H20N6O2/c26-15-6-16-30-25-22(24(29-30)17-7-2-1-3-8-17)23(18-11-13-19(14-12-18)31(32)33)27-20-9-4-5-10-21(20)28-25/h1-5,7-14,23,27-28H,6,16H2. The summed E-state index contributed by atoms with van der Waals surface area (Å²) in [6.45, 7) is 0.438. The van der Waals surface area contributed by atoms with Gasteiger partial charge in [0.05, 0.1) is 41.4 Å². The van der Waals surface area contributed by atoms with Crippen molar-refractivity contribution in [2.24, 2.45) is 0 Å². The van der Waals surface area contributed by atoms with Crippen molar-refractivity contribution in [2.75, 3.05) is 10.6 Å². The summed E-state index contributed by atoms with van der Waals surface area (Å²) in [5.41, 5.74) is 5.37. The zero-order valence-electron chi connectivity index (χ0n) is 17.6. The summed E-state index contributed by atoms with van der Waals surface area (Å²) in [5.74, 6) is 0.796. The van der Waals surface area contributed by atoms with Gasteiger partial charge in [0.25, 0.3) is 5.69 Å². The zero-order chi connectivity index (χ0) is 22.8. The number of nitrogens with zero attached hydrogens (tertiary/aromatic N) is 4. The van der Waals surface area contributed by atoms with Crippen LogP contribution in [0.4, 0.5) is 22.9 Å². The predicted molar refractivity (Wildman–Crippen MR) is 126 cm³/mol. The molecule has 33 heavy (non-hydrogen) atoms. The fourth-order valence-electron chi connectivity index (χ4n) is 4.12. The lowest BCUT2D eigenvalue weighted by Gasteiger charge is -2.20. The molecule has 0 spiro atoms. The Morgan fingerprint density at radius 3 is 2.39 bits per heavy atom. The lowest BCUT2D eigenvalue weighted by atomic mass is 9.95. The number of nitrogens with one attached hydrogen (secondary N) is 2. The van der Waals surface area contributed by atoms with Crippen molar-refractivity contribution in [1.29, 1.82) is 5.26 Å². The van der Waals surface area contributed by atoms with Crippen molar-refractivity contribution >= 4 is 22.9 Å². The van der Waals surface area contributed by atoms with Crippen LogP contribution in [0.1, 0.15) is 23.6 Å². The van der Waals surface area contributed by atoms with Gasteiger partial charge in [-0.15, -0.1) is 0 Å². The zero-order valence-corrected chi connectivity index (χ0v) is 17.6. The molecule has 0 radical (unpaired) electrons. The van der Waals surface area contributed by atoms with Gasteiger partial charge >= 0.3 is 0 Å². The number of hydrogen-bond donors (Lipinski definition) is 2. The molecule has 0 amide bonds. The molecule has 2 N–H and O–H groups in total. The predicted octanol–water partition coefficient (Wildman–Crippen LogP) is 5.63. The third kappa shape index (κ3) is 3.77. The van der Waals surface area contributed by atoms with E-state index in [1.165, 1.54) is 12.1 Å². The number of nitro groups is 1. The van der Waals surface area contributed by atoms with E-state index < -0.39 is 4.92 Å². The van der Waals surface area contributed by atoms with Gasteiger partial charge < -0.3 is 10.6 Å². The van der Waals surface area contributed by atoms with E-state index in [-0.39, 0.29) is 11.7 Å². The van der Waals surface area contributed by atoms with Gasteiger partial charge in [-0.3, -0.25) is 10.1 Å². The molecule has 0 aliphatic carbocycles. The third-order valence-electron chi connectivity index (χ3n) is 5.68. The highest BCUT2D eigenvalue weighted by Gasteiger charge is 2.31. The summed E-state index contributed by atoms with van der Waals surface area (Å²) in [7, 11) is 0. The molecule has 8 heteroatoms. The van der Waals surface area contributed by atoms with Crippen LogP contribution in [-0.4, -0.2) is 14.7 Å². The Morgan fingerprint density at radius 2 is 1.70 bits per heavy atom. The minimum atomic E-state index is -0.401. The smallest absolute Gasteiger partial charge is 0.269 e. The number of nitro benzene ring substituents is 1. The van der Waals surface area contributed by atoms with Gasteiger partial charge in [0, 0.05) is 23.3 Å². The van der Waals surface area contributed by atoms with Crippen molar-refractivity contribution in [3.05, 3.63) is 100 Å². The normalized spacial score (nSPS) is 14.1. The molecule has 0 saturated carbocycles. The molecule has 0 bridgehead atoms. The Balaban J connectivity index is 1.74. The second kappa shape index (κ2) is 8.48. The molecular formula is C25H20N6O2. The maximum absolute atomic E-state index is 11.2. The molecule has 1 unspecified atom stereocenters. The van der Waals surface area contributed by atoms with Gasteiger partial charge in [-0.05, 0) is 29.8 Å². The Hall–Kier alpha value is -4.64. The topological polar surface area (TPSA) is 109 Å². The van der Waals surface area contributed by atoms with Crippen LogP contribution in [0.2, 0.25) is 0 Å². The van der Waals surface area contributed by atoms with Gasteiger partial charge in [-0.2, -0.15) is 10.4 Å². The second-order valence-corrected chi connectivity index (χ2v) is 7.70. The summed E-state index contributed by atoms with van der Waals surface area (Å²) in [6.07, 6.45) is 0.321. The molecule has 1 aliphatic rings. The molecule has 162 valence electrons. The van der Waals surface area contributed by atoms with Gasteiger partial charge in [-0.25, -0.2) is 4.68 Å². The summed E-state index contributed by atoms with van der Waals surface area (Å²) in [5, 5.41) is 32.4. The van der Waals surface area contributed by atoms with Crippen molar-refractivity contribution in [2.45, 2.75) is 19.0 Å². The number of benzene rings is 3. The molecule has 5 rings (SSSR count). The first kappa shape index (κ1) is 20.3. The number of anilines is 3. The Morgan fingerprint density at radius 1 is 1.00 bits per heavy atom. The van der Waals surface area contributed by atoms with E-state index in [2.05, 4.69) is 16.7 Å². The molecule has 0 fully saturated rings. The second-order valence-electron chi connectivity index (χ2n) is 7.70. The van der Waals surface area contributed by atoms with E-state index in [4.69, 9.17) is 5.10 Å². The van der Waals surface area contributed by atoms with Crippen LogP contribution in [0.5, 0.6) is 0 Å². The number of hydrogen-bond acceptors (Lipinski definition) is 6. The molecular weight excluding hydrogens is 416 g/mol. The number of rotatable bonds is 5. The van der Waals surface area contributed by atoms with Gasteiger partial charge in [0.2, 0.25) is 0 Å². The molecule has 1 aromatic heterocycles. The SMILES string of the molecule is N#CCCn1nc(-c2ccccc2)c2c1Nc1ccccc1NC2c1ccc([N+](=O)[O-])cc1. The van der Waals surface area contributed by atoms with Crippen LogP contribution in [0.15, 0.2) is 78.9 Å². The van der Waals surface area contributed by atoms with E-state index in [0.29, 0.717) is 13.0 Å². The van der Waals surface area contributed by atoms with Crippen LogP contribution in [0.25, 0.3) is 11.3 Å². The first-order chi connectivity index (χ1) is 16.2. The van der Waals surface area contributed by atoms with Crippen molar-refractivity contribution < 1.29 is 4.92 Å². The summed E-state index contributed by atoms with van der Waals surface area (Å²) < 4.78 is 1.84. The van der Waals surface area contributed by atoms with Crippen molar-refractivity contribution in [3.8, 4) is 17.3 Å². The fourth-order valence-corrected chi connectivity index (χ4v) is 4.12. The van der Waals surface area contributed by atoms with Crippen LogP contribution >= 0.6 is 0 Å². The molecule has 0 saturated heterocycles. The summed E-state index contributed by atoms with van der Waals surface area (Å²) in [4.78, 5) is 10.8. The number of fused-ring (bicyclic) bond motifs is 2. The molecule has 4 aromatic rings. The number of aryl methyl sites for hydroxylation is 1. The number of nitriles is 1. The van der Waals surface area contributed by atoms with E-state index in [0.717, 1.165) is 39.6 Å². The van der Waals surface area contributed by atoms with Crippen molar-refractivity contribution in [1.82, 2.24) is 9.78 Å². The molecule has 1 aliphatic heterocycles. The summed E-state index contributed by atoms with van der Waals surface area (Å²) >= 11 is 0. The van der Waals surface area contributed by atoms with Gasteiger partial charge in [-0.1, -0.05) is 42.5 Å². The highest BCUT2D eigenvalue weighted by Crippen LogP contribution is 2.44. The minimum absolute atomic E-state index is 0.0409. The van der Waals surface area contributed by atoms with Crippen molar-refractivity contribution in [3.63, 3.8) is 0 Å². The lowest BCUT2D eigenvalue weighted by Crippen LogP contribution is -2.12. The molecule has 8 nitrogen and oxygen atoms in total. The molecule has 2 heterocycles. The van der Waals surface area contributed by atoms with Crippen LogP contribution in [-0.2, 0) is 6.54 Å². The maximum Gasteiger partial charge on any atom is 0.269 e. The fraction of sp³-hybridized carbons (Fsp3) is 0.120. The number of non-ortho nitro benzene ring substituents is 1. The Bertz CT molecular complexity index is 1360. The Labute approximate surface area is 190 Å². The monoisotopic (exact) mass is 436 g/mol. The molecule has 3 aromatic carbocycles. The van der Waals surface area contributed by atoms with E-state index in [9.17, 15) is 15.4 Å². The van der Waals surface area contributed by atoms with Crippen LogP contribution in [0, 0.1) is 21.4 Å². The van der Waals surface area contributed by atoms with E-state index in [1.54, 1.807) is 12.1 Å². The first-order valence-corrected chi connectivity index (χ1v) is 10.6. The van der Waals surface area contributed by atoms with Crippen LogP contribution in [0.3, 0.4) is 0 Å². The number of para-hydroxylation sites is 2. The average Bonchev–Trinajstić information content (AvgIpc) is 3.10. The summed E-state index contributed by atoms with van der Waals surface area (Å²) in [6, 6.07) is 26.2. The Kier molecular flexibility index (Phi) is 5.21. The lowest BCUT2D eigenvalue weighted by molar-refractivity contribution is -0.384. The largest absolute Gasteiger partial charge is 0.372 e. The van der Waals surface area contributed by atoms with E-state index in [1.807, 2.05) is 59.3 Å². The molecule has 1 atom stereocenters. The maximum atomic E-state index is 11.2. The first-order valence-electron chi connectivity index (χ1n) is 10.6. The van der Waals surface area contributed by atoms with E-state index >= 15 is 0 Å². The minimum Gasteiger partial charge on any atom is -0.372 e. The van der Waals surface area contributed by atoms with Crippen LogP contribution < -0.4 is 10.6 Å². The highest BCUT2D eigenvalue weighted by atomic mass is 16.6.